The van der Waals surface area contributed by atoms with Gasteiger partial charge in [-0.2, -0.15) is 0 Å². The van der Waals surface area contributed by atoms with Crippen LogP contribution in [0, 0.1) is 0 Å². The van der Waals surface area contributed by atoms with Gasteiger partial charge < -0.3 is 9.84 Å². The Balaban J connectivity index is 2.21. The Bertz CT molecular complexity index is 586. The first-order chi connectivity index (χ1) is 8.56. The highest BCUT2D eigenvalue weighted by molar-refractivity contribution is 9.10. The molecule has 0 bridgehead atoms. The van der Waals surface area contributed by atoms with Crippen molar-refractivity contribution in [1.82, 2.24) is 4.98 Å². The molecule has 0 aliphatic rings. The lowest BCUT2D eigenvalue weighted by Crippen LogP contribution is -1.97. The van der Waals surface area contributed by atoms with Gasteiger partial charge in [-0.05, 0) is 40.2 Å². The third kappa shape index (κ3) is 3.00. The van der Waals surface area contributed by atoms with Gasteiger partial charge in [-0.15, -0.1) is 0 Å². The summed E-state index contributed by atoms with van der Waals surface area (Å²) >= 11 is 9.12. The molecule has 0 aliphatic heterocycles. The summed E-state index contributed by atoms with van der Waals surface area (Å²) in [5.41, 5.74) is 0.109. The van der Waals surface area contributed by atoms with E-state index in [0.29, 0.717) is 21.1 Å². The molecule has 6 heteroatoms. The largest absolute Gasteiger partial charge is 0.478 e. The van der Waals surface area contributed by atoms with Crippen LogP contribution in [0.25, 0.3) is 0 Å². The third-order valence-electron chi connectivity index (χ3n) is 2.09. The zero-order valence-corrected chi connectivity index (χ0v) is 11.3. The number of carboxylic acid groups (broad SMARTS) is 1. The number of hydrogen-bond donors (Lipinski definition) is 1. The first-order valence-electron chi connectivity index (χ1n) is 4.88. The van der Waals surface area contributed by atoms with Crippen molar-refractivity contribution in [2.24, 2.45) is 0 Å². The molecular formula is C12H7BrClNO3. The summed E-state index contributed by atoms with van der Waals surface area (Å²) in [4.78, 5) is 14.6. The Kier molecular flexibility index (Phi) is 3.84. The molecule has 0 unspecified atom stereocenters. The van der Waals surface area contributed by atoms with E-state index in [1.807, 2.05) is 0 Å². The van der Waals surface area contributed by atoms with Crippen LogP contribution in [0.15, 0.2) is 41.0 Å². The van der Waals surface area contributed by atoms with Crippen LogP contribution in [0.1, 0.15) is 10.4 Å². The normalized spacial score (nSPS) is 10.1. The van der Waals surface area contributed by atoms with Crippen molar-refractivity contribution in [3.05, 3.63) is 51.6 Å². The number of aromatic carboxylic acids is 1. The summed E-state index contributed by atoms with van der Waals surface area (Å²) in [5.74, 6) is -0.167. The highest BCUT2D eigenvalue weighted by Crippen LogP contribution is 2.31. The van der Waals surface area contributed by atoms with E-state index in [1.54, 1.807) is 18.2 Å². The van der Waals surface area contributed by atoms with Crippen LogP contribution >= 0.6 is 27.5 Å². The van der Waals surface area contributed by atoms with Gasteiger partial charge in [0, 0.05) is 17.3 Å². The lowest BCUT2D eigenvalue weighted by molar-refractivity contribution is 0.0696. The molecule has 0 radical (unpaired) electrons. The van der Waals surface area contributed by atoms with Crippen LogP contribution in [-0.2, 0) is 0 Å². The van der Waals surface area contributed by atoms with Gasteiger partial charge in [0.1, 0.15) is 5.75 Å². The highest BCUT2D eigenvalue weighted by Gasteiger charge is 2.06. The fourth-order valence-corrected chi connectivity index (χ4v) is 2.00. The molecule has 2 rings (SSSR count). The lowest BCUT2D eigenvalue weighted by Gasteiger charge is -2.06. The van der Waals surface area contributed by atoms with Crippen LogP contribution in [-0.4, -0.2) is 16.1 Å². The van der Waals surface area contributed by atoms with Crippen LogP contribution in [0.4, 0.5) is 0 Å². The van der Waals surface area contributed by atoms with E-state index < -0.39 is 5.97 Å². The molecule has 4 nitrogen and oxygen atoms in total. The van der Waals surface area contributed by atoms with Gasteiger partial charge in [0.15, 0.2) is 0 Å². The van der Waals surface area contributed by atoms with Gasteiger partial charge in [-0.3, -0.25) is 0 Å². The minimum atomic E-state index is -1.03. The Morgan fingerprint density at radius 1 is 1.33 bits per heavy atom. The summed E-state index contributed by atoms with van der Waals surface area (Å²) in [6.45, 7) is 0. The molecule has 92 valence electrons. The maximum Gasteiger partial charge on any atom is 0.337 e. The SMILES string of the molecule is O=C(O)c1ccc(Oc2ccc(Cl)cc2Br)nc1. The molecule has 0 atom stereocenters. The van der Waals surface area contributed by atoms with E-state index in [9.17, 15) is 4.79 Å². The molecule has 0 saturated carbocycles. The van der Waals surface area contributed by atoms with E-state index >= 15 is 0 Å². The average Bonchev–Trinajstić information content (AvgIpc) is 2.33. The van der Waals surface area contributed by atoms with Gasteiger partial charge in [-0.25, -0.2) is 9.78 Å². The standard InChI is InChI=1S/C12H7BrClNO3/c13-9-5-8(14)2-3-10(9)18-11-4-1-7(6-15-11)12(16)17/h1-6H,(H,16,17). The Morgan fingerprint density at radius 2 is 2.11 bits per heavy atom. The van der Waals surface area contributed by atoms with Crippen molar-refractivity contribution in [3.8, 4) is 11.6 Å². The van der Waals surface area contributed by atoms with Crippen LogP contribution in [0.3, 0.4) is 0 Å². The van der Waals surface area contributed by atoms with Gasteiger partial charge >= 0.3 is 5.97 Å². The number of benzene rings is 1. The minimum absolute atomic E-state index is 0.109. The molecule has 18 heavy (non-hydrogen) atoms. The molecule has 0 saturated heterocycles. The van der Waals surface area contributed by atoms with Crippen LogP contribution in [0.2, 0.25) is 5.02 Å². The Labute approximate surface area is 116 Å². The Hall–Kier alpha value is -1.59. The summed E-state index contributed by atoms with van der Waals surface area (Å²) in [5, 5.41) is 9.32. The fourth-order valence-electron chi connectivity index (χ4n) is 1.24. The smallest absolute Gasteiger partial charge is 0.337 e. The van der Waals surface area contributed by atoms with Gasteiger partial charge in [0.2, 0.25) is 5.88 Å². The van der Waals surface area contributed by atoms with Gasteiger partial charge in [0.05, 0.1) is 10.0 Å². The molecule has 0 amide bonds. The number of nitrogens with zero attached hydrogens (tertiary/aromatic N) is 1. The monoisotopic (exact) mass is 327 g/mol. The van der Waals surface area contributed by atoms with Crippen LogP contribution in [0.5, 0.6) is 11.6 Å². The van der Waals surface area contributed by atoms with Crippen molar-refractivity contribution in [1.29, 1.82) is 0 Å². The van der Waals surface area contributed by atoms with E-state index in [1.165, 1.54) is 18.3 Å². The van der Waals surface area contributed by atoms with Crippen molar-refractivity contribution < 1.29 is 14.6 Å². The molecule has 0 spiro atoms. The first kappa shape index (κ1) is 12.9. The van der Waals surface area contributed by atoms with E-state index in [-0.39, 0.29) is 5.56 Å². The summed E-state index contributed by atoms with van der Waals surface area (Å²) < 4.78 is 6.18. The van der Waals surface area contributed by atoms with Crippen molar-refractivity contribution in [2.75, 3.05) is 0 Å². The number of ether oxygens (including phenoxy) is 1. The second kappa shape index (κ2) is 5.37. The maximum absolute atomic E-state index is 10.7. The summed E-state index contributed by atoms with van der Waals surface area (Å²) in [6.07, 6.45) is 1.24. The number of carbonyl (C=O) groups is 1. The second-order valence-electron chi connectivity index (χ2n) is 3.37. The van der Waals surface area contributed by atoms with E-state index in [0.717, 1.165) is 0 Å². The number of pyridine rings is 1. The van der Waals surface area contributed by atoms with Crippen molar-refractivity contribution in [3.63, 3.8) is 0 Å². The molecule has 1 N–H and O–H groups in total. The predicted molar refractivity (Wildman–Crippen MR) is 70.4 cm³/mol. The number of rotatable bonds is 3. The average molecular weight is 329 g/mol. The van der Waals surface area contributed by atoms with Crippen molar-refractivity contribution in [2.45, 2.75) is 0 Å². The highest BCUT2D eigenvalue weighted by atomic mass is 79.9. The molecule has 1 aromatic carbocycles. The number of halogens is 2. The zero-order chi connectivity index (χ0) is 13.1. The molecule has 0 fully saturated rings. The maximum atomic E-state index is 10.7. The van der Waals surface area contributed by atoms with E-state index in [4.69, 9.17) is 21.4 Å². The van der Waals surface area contributed by atoms with E-state index in [2.05, 4.69) is 20.9 Å². The molecular weight excluding hydrogens is 321 g/mol. The summed E-state index contributed by atoms with van der Waals surface area (Å²) in [7, 11) is 0. The molecule has 1 heterocycles. The fraction of sp³-hybridized carbons (Fsp3) is 0. The van der Waals surface area contributed by atoms with Crippen molar-refractivity contribution >= 4 is 33.5 Å². The van der Waals surface area contributed by atoms with Gasteiger partial charge in [0.25, 0.3) is 0 Å². The number of aromatic nitrogens is 1. The molecule has 1 aromatic heterocycles. The third-order valence-corrected chi connectivity index (χ3v) is 2.95. The topological polar surface area (TPSA) is 59.4 Å². The quantitative estimate of drug-likeness (QED) is 0.925. The summed E-state index contributed by atoms with van der Waals surface area (Å²) in [6, 6.07) is 7.99. The first-order valence-corrected chi connectivity index (χ1v) is 6.05. The lowest BCUT2D eigenvalue weighted by atomic mass is 10.3. The number of carboxylic acids is 1. The molecule has 2 aromatic rings. The molecule has 0 aliphatic carbocycles. The number of hydrogen-bond acceptors (Lipinski definition) is 3. The van der Waals surface area contributed by atoms with Crippen LogP contribution < -0.4 is 4.74 Å². The van der Waals surface area contributed by atoms with Gasteiger partial charge in [-0.1, -0.05) is 11.6 Å². The zero-order valence-electron chi connectivity index (χ0n) is 8.93. The Morgan fingerprint density at radius 3 is 2.67 bits per heavy atom. The second-order valence-corrected chi connectivity index (χ2v) is 4.66. The predicted octanol–water partition coefficient (Wildman–Crippen LogP) is 3.99. The minimum Gasteiger partial charge on any atom is -0.478 e.